The summed E-state index contributed by atoms with van der Waals surface area (Å²) in [5.41, 5.74) is 5.90. The molecule has 92 valence electrons. The molecule has 16 heavy (non-hydrogen) atoms. The molecule has 0 amide bonds. The molecule has 2 nitrogen and oxygen atoms in total. The van der Waals surface area contributed by atoms with Crippen LogP contribution in [0.1, 0.15) is 45.4 Å². The highest BCUT2D eigenvalue weighted by Crippen LogP contribution is 2.49. The average molecular weight is 222 g/mol. The fourth-order valence-electron chi connectivity index (χ4n) is 4.62. The van der Waals surface area contributed by atoms with Crippen molar-refractivity contribution in [2.24, 2.45) is 23.5 Å². The van der Waals surface area contributed by atoms with E-state index < -0.39 is 0 Å². The first kappa shape index (κ1) is 11.0. The van der Waals surface area contributed by atoms with Crippen molar-refractivity contribution in [3.05, 3.63) is 0 Å². The van der Waals surface area contributed by atoms with Crippen LogP contribution in [0.4, 0.5) is 0 Å². The molecule has 4 rings (SSSR count). The summed E-state index contributed by atoms with van der Waals surface area (Å²) >= 11 is 0. The molecule has 4 atom stereocenters. The van der Waals surface area contributed by atoms with E-state index in [1.165, 1.54) is 51.6 Å². The fourth-order valence-corrected chi connectivity index (χ4v) is 4.62. The first-order chi connectivity index (χ1) is 7.75. The van der Waals surface area contributed by atoms with E-state index in [2.05, 4.69) is 11.8 Å². The van der Waals surface area contributed by atoms with Crippen LogP contribution < -0.4 is 5.73 Å². The lowest BCUT2D eigenvalue weighted by Gasteiger charge is -2.50. The summed E-state index contributed by atoms with van der Waals surface area (Å²) in [5.74, 6) is 3.11. The highest BCUT2D eigenvalue weighted by atomic mass is 15.2. The van der Waals surface area contributed by atoms with Crippen LogP contribution in [0.2, 0.25) is 0 Å². The quantitative estimate of drug-likeness (QED) is 0.793. The van der Waals surface area contributed by atoms with Crippen molar-refractivity contribution in [1.29, 1.82) is 0 Å². The van der Waals surface area contributed by atoms with Gasteiger partial charge in [0.05, 0.1) is 0 Å². The van der Waals surface area contributed by atoms with E-state index in [-0.39, 0.29) is 0 Å². The van der Waals surface area contributed by atoms with Crippen LogP contribution in [0.5, 0.6) is 0 Å². The highest BCUT2D eigenvalue weighted by Gasteiger charge is 2.48. The second-order valence-corrected chi connectivity index (χ2v) is 6.42. The van der Waals surface area contributed by atoms with Crippen molar-refractivity contribution in [2.75, 3.05) is 13.1 Å². The minimum absolute atomic E-state index is 0.398. The Bertz CT molecular complexity index is 243. The van der Waals surface area contributed by atoms with E-state index in [1.807, 2.05) is 0 Å². The number of rotatable bonds is 3. The van der Waals surface area contributed by atoms with Crippen molar-refractivity contribution in [3.8, 4) is 0 Å². The third-order valence-corrected chi connectivity index (χ3v) is 5.39. The third kappa shape index (κ3) is 1.80. The van der Waals surface area contributed by atoms with E-state index in [9.17, 15) is 0 Å². The van der Waals surface area contributed by atoms with Crippen molar-refractivity contribution < 1.29 is 0 Å². The van der Waals surface area contributed by atoms with Crippen molar-refractivity contribution in [2.45, 2.75) is 57.5 Å². The molecule has 4 unspecified atom stereocenters. The van der Waals surface area contributed by atoms with Gasteiger partial charge in [-0.25, -0.2) is 0 Å². The Kier molecular flexibility index (Phi) is 2.97. The van der Waals surface area contributed by atoms with Gasteiger partial charge in [0.1, 0.15) is 0 Å². The average Bonchev–Trinajstić information content (AvgIpc) is 2.73. The van der Waals surface area contributed by atoms with Gasteiger partial charge in [0.25, 0.3) is 0 Å². The van der Waals surface area contributed by atoms with Crippen LogP contribution in [0.25, 0.3) is 0 Å². The van der Waals surface area contributed by atoms with Gasteiger partial charge >= 0.3 is 0 Å². The Hall–Kier alpha value is -0.0800. The van der Waals surface area contributed by atoms with Crippen LogP contribution in [-0.2, 0) is 0 Å². The zero-order valence-electron chi connectivity index (χ0n) is 10.6. The lowest BCUT2D eigenvalue weighted by molar-refractivity contribution is -0.0114. The predicted octanol–water partition coefficient (Wildman–Crippen LogP) is 2.23. The Balaban J connectivity index is 1.65. The molecule has 0 spiro atoms. The Morgan fingerprint density at radius 3 is 2.62 bits per heavy atom. The summed E-state index contributed by atoms with van der Waals surface area (Å²) < 4.78 is 0. The molecule has 4 aliphatic rings. The number of nitrogens with zero attached hydrogens (tertiary/aromatic N) is 1. The second-order valence-electron chi connectivity index (χ2n) is 6.42. The summed E-state index contributed by atoms with van der Waals surface area (Å²) in [4.78, 5) is 2.81. The molecule has 0 radical (unpaired) electrons. The molecule has 3 saturated heterocycles. The maximum absolute atomic E-state index is 5.90. The fraction of sp³-hybridized carbons (Fsp3) is 1.00. The normalized spacial score (nSPS) is 48.0. The first-order valence-corrected chi connectivity index (χ1v) is 7.25. The van der Waals surface area contributed by atoms with E-state index in [0.29, 0.717) is 6.04 Å². The summed E-state index contributed by atoms with van der Waals surface area (Å²) in [6.07, 6.45) is 8.57. The molecule has 4 fully saturated rings. The molecule has 2 N–H and O–H groups in total. The summed E-state index contributed by atoms with van der Waals surface area (Å²) in [6, 6.07) is 1.35. The monoisotopic (exact) mass is 222 g/mol. The van der Waals surface area contributed by atoms with Crippen LogP contribution in [0.3, 0.4) is 0 Å². The van der Waals surface area contributed by atoms with E-state index in [0.717, 1.165) is 23.8 Å². The molecule has 3 aliphatic heterocycles. The molecule has 1 aliphatic carbocycles. The minimum Gasteiger partial charge on any atom is -0.328 e. The Morgan fingerprint density at radius 1 is 1.19 bits per heavy atom. The van der Waals surface area contributed by atoms with Crippen molar-refractivity contribution in [1.82, 2.24) is 4.90 Å². The van der Waals surface area contributed by atoms with E-state index >= 15 is 0 Å². The number of hydrogen-bond acceptors (Lipinski definition) is 2. The zero-order chi connectivity index (χ0) is 11.1. The largest absolute Gasteiger partial charge is 0.328 e. The lowest BCUT2D eigenvalue weighted by Crippen LogP contribution is -2.54. The Labute approximate surface area is 99.6 Å². The van der Waals surface area contributed by atoms with Gasteiger partial charge in [-0.3, -0.25) is 4.90 Å². The molecular weight excluding hydrogens is 196 g/mol. The number of fused-ring (bicyclic) bond motifs is 2. The van der Waals surface area contributed by atoms with E-state index in [1.54, 1.807) is 0 Å². The van der Waals surface area contributed by atoms with Gasteiger partial charge in [0.15, 0.2) is 0 Å². The SMILES string of the molecule is CC(N)CCC1CCC2C3CCN(CC3)C12. The van der Waals surface area contributed by atoms with Gasteiger partial charge in [0.2, 0.25) is 0 Å². The third-order valence-electron chi connectivity index (χ3n) is 5.39. The maximum atomic E-state index is 5.90. The van der Waals surface area contributed by atoms with Crippen molar-refractivity contribution >= 4 is 0 Å². The molecule has 0 aromatic carbocycles. The topological polar surface area (TPSA) is 29.3 Å². The summed E-state index contributed by atoms with van der Waals surface area (Å²) in [5, 5.41) is 0. The van der Waals surface area contributed by atoms with Gasteiger partial charge in [-0.1, -0.05) is 0 Å². The van der Waals surface area contributed by atoms with E-state index in [4.69, 9.17) is 5.73 Å². The molecule has 2 bridgehead atoms. The minimum atomic E-state index is 0.398. The van der Waals surface area contributed by atoms with Gasteiger partial charge in [-0.05, 0) is 76.3 Å². The number of nitrogens with two attached hydrogens (primary N) is 1. The molecule has 0 aromatic heterocycles. The molecule has 0 aromatic rings. The smallest absolute Gasteiger partial charge is 0.0154 e. The zero-order valence-corrected chi connectivity index (χ0v) is 10.6. The van der Waals surface area contributed by atoms with Crippen LogP contribution in [-0.4, -0.2) is 30.1 Å². The first-order valence-electron chi connectivity index (χ1n) is 7.25. The van der Waals surface area contributed by atoms with Crippen LogP contribution in [0, 0.1) is 17.8 Å². The predicted molar refractivity (Wildman–Crippen MR) is 67.2 cm³/mol. The standard InChI is InChI=1S/C14H26N2/c1-10(15)2-3-12-4-5-13-11-6-8-16(9-7-11)14(12)13/h10-14H,2-9,15H2,1H3. The number of hydrogen-bond donors (Lipinski definition) is 1. The summed E-state index contributed by atoms with van der Waals surface area (Å²) in [6.45, 7) is 4.93. The summed E-state index contributed by atoms with van der Waals surface area (Å²) in [7, 11) is 0. The molecular formula is C14H26N2. The van der Waals surface area contributed by atoms with Gasteiger partial charge in [0, 0.05) is 12.1 Å². The highest BCUT2D eigenvalue weighted by molar-refractivity contribution is 5.01. The van der Waals surface area contributed by atoms with Gasteiger partial charge in [-0.15, -0.1) is 0 Å². The van der Waals surface area contributed by atoms with Crippen molar-refractivity contribution in [3.63, 3.8) is 0 Å². The number of piperidine rings is 3. The Morgan fingerprint density at radius 2 is 1.94 bits per heavy atom. The molecule has 3 heterocycles. The second kappa shape index (κ2) is 4.30. The molecule has 1 saturated carbocycles. The van der Waals surface area contributed by atoms with Crippen LogP contribution in [0.15, 0.2) is 0 Å². The lowest BCUT2D eigenvalue weighted by atomic mass is 9.73. The van der Waals surface area contributed by atoms with Gasteiger partial charge < -0.3 is 5.73 Å². The van der Waals surface area contributed by atoms with Gasteiger partial charge in [-0.2, -0.15) is 0 Å². The molecule has 2 heteroatoms. The van der Waals surface area contributed by atoms with Crippen LogP contribution >= 0.6 is 0 Å². The maximum Gasteiger partial charge on any atom is 0.0154 e.